The molecule has 4 rings (SSSR count). The Bertz CT molecular complexity index is 1250. The topological polar surface area (TPSA) is 87.2 Å². The molecule has 7 nitrogen and oxygen atoms in total. The van der Waals surface area contributed by atoms with Gasteiger partial charge in [-0.3, -0.25) is 9.48 Å². The molecule has 7 heteroatoms. The molecule has 0 saturated carbocycles. The number of fused-ring (bicyclic) bond motifs is 2. The number of carbonyl (C=O) groups excluding carboxylic acids is 2. The summed E-state index contributed by atoms with van der Waals surface area (Å²) in [6.07, 6.45) is 0. The van der Waals surface area contributed by atoms with E-state index in [1.54, 1.807) is 37.7 Å². The molecule has 0 saturated heterocycles. The number of hydrogen-bond donors (Lipinski definition) is 0. The molecule has 1 aromatic carbocycles. The predicted molar refractivity (Wildman–Crippen MR) is 104 cm³/mol. The molecule has 0 aliphatic carbocycles. The molecule has 0 N–H and O–H groups in total. The van der Waals surface area contributed by atoms with Crippen molar-refractivity contribution in [3.63, 3.8) is 0 Å². The molecule has 0 atom stereocenters. The van der Waals surface area contributed by atoms with Crippen molar-refractivity contribution in [3.8, 4) is 0 Å². The van der Waals surface area contributed by atoms with Crippen LogP contribution in [0.2, 0.25) is 0 Å². The van der Waals surface area contributed by atoms with Gasteiger partial charge in [0.2, 0.25) is 5.78 Å². The number of nitrogens with zero attached hydrogens (tertiary/aromatic N) is 3. The summed E-state index contributed by atoms with van der Waals surface area (Å²) in [6.45, 7) is 5.01. The minimum absolute atomic E-state index is 0.211. The van der Waals surface area contributed by atoms with E-state index in [-0.39, 0.29) is 11.5 Å². The quantitative estimate of drug-likeness (QED) is 0.398. The molecule has 4 aromatic rings. The van der Waals surface area contributed by atoms with Gasteiger partial charge in [-0.1, -0.05) is 18.2 Å². The molecule has 0 radical (unpaired) electrons. The van der Waals surface area contributed by atoms with Gasteiger partial charge in [0, 0.05) is 23.7 Å². The van der Waals surface area contributed by atoms with Crippen LogP contribution in [0.4, 0.5) is 0 Å². The number of rotatable bonds is 4. The van der Waals surface area contributed by atoms with Crippen LogP contribution in [0.15, 0.2) is 34.7 Å². The average molecular weight is 377 g/mol. The fraction of sp³-hybridized carbons (Fsp3) is 0.238. The Balaban J connectivity index is 1.60. The third kappa shape index (κ3) is 2.85. The molecule has 142 valence electrons. The van der Waals surface area contributed by atoms with Gasteiger partial charge in [-0.15, -0.1) is 0 Å². The minimum Gasteiger partial charge on any atom is -0.454 e. The van der Waals surface area contributed by atoms with Crippen molar-refractivity contribution in [1.29, 1.82) is 0 Å². The summed E-state index contributed by atoms with van der Waals surface area (Å²) in [5, 5.41) is 5.82. The number of para-hydroxylation sites is 1. The van der Waals surface area contributed by atoms with E-state index < -0.39 is 12.6 Å². The van der Waals surface area contributed by atoms with Crippen molar-refractivity contribution < 1.29 is 18.7 Å². The average Bonchev–Trinajstić information content (AvgIpc) is 3.16. The largest absolute Gasteiger partial charge is 0.454 e. The predicted octanol–water partition coefficient (Wildman–Crippen LogP) is 3.68. The Morgan fingerprint density at radius 1 is 1.18 bits per heavy atom. The summed E-state index contributed by atoms with van der Waals surface area (Å²) in [4.78, 5) is 29.7. The van der Waals surface area contributed by atoms with Crippen molar-refractivity contribution in [2.45, 2.75) is 20.8 Å². The normalized spacial score (nSPS) is 11.3. The van der Waals surface area contributed by atoms with E-state index in [0.29, 0.717) is 33.6 Å². The zero-order chi connectivity index (χ0) is 20.0. The number of Topliss-reactive ketones (excluding diaryl/α,β-unsaturated/α-hetero) is 1. The van der Waals surface area contributed by atoms with Gasteiger partial charge in [-0.25, -0.2) is 9.78 Å². The highest BCUT2D eigenvalue weighted by Crippen LogP contribution is 2.26. The first-order valence-corrected chi connectivity index (χ1v) is 8.86. The van der Waals surface area contributed by atoms with Crippen molar-refractivity contribution in [1.82, 2.24) is 14.8 Å². The van der Waals surface area contributed by atoms with Crippen LogP contribution in [0.5, 0.6) is 0 Å². The second-order valence-corrected chi connectivity index (χ2v) is 6.77. The first-order valence-electron chi connectivity index (χ1n) is 8.86. The number of pyridine rings is 1. The van der Waals surface area contributed by atoms with Crippen LogP contribution in [-0.4, -0.2) is 33.1 Å². The van der Waals surface area contributed by atoms with Gasteiger partial charge in [0.05, 0.1) is 16.6 Å². The fourth-order valence-corrected chi connectivity index (χ4v) is 3.45. The summed E-state index contributed by atoms with van der Waals surface area (Å²) >= 11 is 0. The molecule has 0 fully saturated rings. The smallest absolute Gasteiger partial charge is 0.339 e. The third-order valence-electron chi connectivity index (χ3n) is 4.75. The van der Waals surface area contributed by atoms with Gasteiger partial charge in [0.15, 0.2) is 18.0 Å². The first kappa shape index (κ1) is 17.9. The van der Waals surface area contributed by atoms with E-state index in [9.17, 15) is 9.59 Å². The Hall–Kier alpha value is -3.48. The van der Waals surface area contributed by atoms with E-state index in [0.717, 1.165) is 10.9 Å². The number of aryl methyl sites for hydroxylation is 4. The Morgan fingerprint density at radius 2 is 1.93 bits per heavy atom. The summed E-state index contributed by atoms with van der Waals surface area (Å²) in [5.74, 6) is -0.761. The Labute approximate surface area is 160 Å². The lowest BCUT2D eigenvalue weighted by Gasteiger charge is -2.06. The van der Waals surface area contributed by atoms with E-state index in [4.69, 9.17) is 9.15 Å². The minimum atomic E-state index is -0.589. The number of furan rings is 1. The molecule has 3 heterocycles. The van der Waals surface area contributed by atoms with Crippen LogP contribution in [-0.2, 0) is 11.8 Å². The second kappa shape index (κ2) is 6.60. The SMILES string of the molecule is Cc1cc(C(=O)OCC(=O)c2oc3ccccc3c2C)c2c(C)nn(C)c2n1. The maximum absolute atomic E-state index is 12.7. The number of ether oxygens (including phenoxy) is 1. The van der Waals surface area contributed by atoms with Crippen LogP contribution in [0.1, 0.15) is 37.9 Å². The molecule has 0 unspecified atom stereocenters. The van der Waals surface area contributed by atoms with Crippen molar-refractivity contribution in [2.24, 2.45) is 7.05 Å². The van der Waals surface area contributed by atoms with Crippen LogP contribution in [0.3, 0.4) is 0 Å². The Morgan fingerprint density at radius 3 is 2.68 bits per heavy atom. The first-order chi connectivity index (χ1) is 13.4. The zero-order valence-corrected chi connectivity index (χ0v) is 16.1. The lowest BCUT2D eigenvalue weighted by molar-refractivity contribution is 0.0470. The van der Waals surface area contributed by atoms with E-state index in [1.165, 1.54) is 0 Å². The number of hydrogen-bond acceptors (Lipinski definition) is 6. The number of esters is 1. The number of carbonyl (C=O) groups is 2. The van der Waals surface area contributed by atoms with E-state index in [2.05, 4.69) is 10.1 Å². The molecule has 0 spiro atoms. The lowest BCUT2D eigenvalue weighted by Crippen LogP contribution is -2.15. The molecular formula is C21H19N3O4. The molecule has 0 aliphatic heterocycles. The number of aromatic nitrogens is 3. The van der Waals surface area contributed by atoms with Crippen molar-refractivity contribution in [2.75, 3.05) is 6.61 Å². The monoisotopic (exact) mass is 377 g/mol. The Kier molecular flexibility index (Phi) is 4.22. The zero-order valence-electron chi connectivity index (χ0n) is 16.1. The van der Waals surface area contributed by atoms with Gasteiger partial charge >= 0.3 is 5.97 Å². The van der Waals surface area contributed by atoms with Gasteiger partial charge in [-0.05, 0) is 32.9 Å². The standard InChI is InChI=1S/C21H19N3O4/c1-11-9-15(18-13(3)23-24(4)20(18)22-11)21(26)27-10-16(25)19-12(2)14-7-5-6-8-17(14)28-19/h5-9H,10H2,1-4H3. The number of ketones is 1. The van der Waals surface area contributed by atoms with Crippen molar-refractivity contribution >= 4 is 33.8 Å². The molecule has 3 aromatic heterocycles. The van der Waals surface area contributed by atoms with Gasteiger partial charge in [0.1, 0.15) is 5.58 Å². The highest BCUT2D eigenvalue weighted by atomic mass is 16.5. The molecule has 0 aliphatic rings. The molecule has 0 bridgehead atoms. The summed E-state index contributed by atoms with van der Waals surface area (Å²) in [6, 6.07) is 9.06. The molecule has 28 heavy (non-hydrogen) atoms. The van der Waals surface area contributed by atoms with E-state index >= 15 is 0 Å². The lowest BCUT2D eigenvalue weighted by atomic mass is 10.1. The van der Waals surface area contributed by atoms with Gasteiger partial charge in [-0.2, -0.15) is 5.10 Å². The maximum atomic E-state index is 12.7. The van der Waals surface area contributed by atoms with Crippen LogP contribution >= 0.6 is 0 Å². The highest BCUT2D eigenvalue weighted by molar-refractivity contribution is 6.06. The van der Waals surface area contributed by atoms with Gasteiger partial charge < -0.3 is 9.15 Å². The maximum Gasteiger partial charge on any atom is 0.339 e. The molecule has 0 amide bonds. The fourth-order valence-electron chi connectivity index (χ4n) is 3.45. The number of benzene rings is 1. The van der Waals surface area contributed by atoms with Gasteiger partial charge in [0.25, 0.3) is 0 Å². The van der Waals surface area contributed by atoms with Crippen LogP contribution in [0, 0.1) is 20.8 Å². The third-order valence-corrected chi connectivity index (χ3v) is 4.75. The summed E-state index contributed by atoms with van der Waals surface area (Å²) in [7, 11) is 1.77. The highest BCUT2D eigenvalue weighted by Gasteiger charge is 2.22. The molecular weight excluding hydrogens is 358 g/mol. The summed E-state index contributed by atoms with van der Waals surface area (Å²) < 4.78 is 12.6. The second-order valence-electron chi connectivity index (χ2n) is 6.77. The van der Waals surface area contributed by atoms with Crippen LogP contribution < -0.4 is 0 Å². The summed E-state index contributed by atoms with van der Waals surface area (Å²) in [5.41, 5.74) is 3.67. The van der Waals surface area contributed by atoms with Crippen LogP contribution in [0.25, 0.3) is 22.0 Å². The van der Waals surface area contributed by atoms with Crippen molar-refractivity contribution in [3.05, 3.63) is 58.6 Å². The van der Waals surface area contributed by atoms with E-state index in [1.807, 2.05) is 25.1 Å².